The van der Waals surface area contributed by atoms with Gasteiger partial charge in [0.2, 0.25) is 10.9 Å². The van der Waals surface area contributed by atoms with E-state index in [1.54, 1.807) is 6.07 Å². The maximum absolute atomic E-state index is 10.7. The zero-order valence-electron chi connectivity index (χ0n) is 8.81. The van der Waals surface area contributed by atoms with E-state index < -0.39 is 10.9 Å². The maximum Gasteiger partial charge on any atom is 0.222 e. The molecule has 0 aromatic heterocycles. The van der Waals surface area contributed by atoms with Crippen LogP contribution in [0.15, 0.2) is 36.4 Å². The second kappa shape index (κ2) is 4.84. The van der Waals surface area contributed by atoms with Crippen LogP contribution in [0, 0.1) is 0 Å². The molecule has 0 spiro atoms. The summed E-state index contributed by atoms with van der Waals surface area (Å²) in [6.45, 7) is 0. The lowest BCUT2D eigenvalue weighted by molar-refractivity contribution is 0.619. The molecule has 0 saturated carbocycles. The Morgan fingerprint density at radius 3 is 2.53 bits per heavy atom. The van der Waals surface area contributed by atoms with Crippen LogP contribution in [-0.2, 0) is 10.9 Å². The highest BCUT2D eigenvalue weighted by atomic mass is 32.2. The van der Waals surface area contributed by atoms with Crippen LogP contribution < -0.4 is 10.5 Å². The van der Waals surface area contributed by atoms with Crippen molar-refractivity contribution < 1.29 is 8.42 Å². The SMILES string of the molecule is NC(=P)c1c(N[SH](=O)=O)ccc2ccccc12. The van der Waals surface area contributed by atoms with Gasteiger partial charge in [-0.05, 0) is 16.8 Å². The fraction of sp³-hybridized carbons (Fsp3) is 0. The highest BCUT2D eigenvalue weighted by Crippen LogP contribution is 2.26. The number of anilines is 1. The third-order valence-electron chi connectivity index (χ3n) is 2.41. The van der Waals surface area contributed by atoms with Crippen LogP contribution >= 0.6 is 8.86 Å². The van der Waals surface area contributed by atoms with Gasteiger partial charge >= 0.3 is 0 Å². The first-order valence-electron chi connectivity index (χ1n) is 4.87. The summed E-state index contributed by atoms with van der Waals surface area (Å²) < 4.78 is 23.8. The standard InChI is InChI=1S/C11H11N2O2PS/c12-11(16)10-8-4-2-1-3-7(8)5-6-9(10)13-17(14)15/h1-6,16-17H,12H2,(H,13,14,15). The molecule has 0 aliphatic heterocycles. The molecule has 4 nitrogen and oxygen atoms in total. The van der Waals surface area contributed by atoms with Gasteiger partial charge < -0.3 is 0 Å². The van der Waals surface area contributed by atoms with Gasteiger partial charge in [-0.25, -0.2) is 8.42 Å². The number of nitrogens with one attached hydrogen (secondary N) is 1. The molecule has 0 saturated heterocycles. The van der Waals surface area contributed by atoms with E-state index in [-0.39, 0.29) is 0 Å². The van der Waals surface area contributed by atoms with Crippen molar-refractivity contribution in [2.75, 3.05) is 4.72 Å². The van der Waals surface area contributed by atoms with Crippen molar-refractivity contribution in [3.8, 4) is 0 Å². The van der Waals surface area contributed by atoms with Gasteiger partial charge in [0, 0.05) is 11.0 Å². The molecule has 88 valence electrons. The summed E-state index contributed by atoms with van der Waals surface area (Å²) >= 11 is 0. The number of hydrogen-bond acceptors (Lipinski definition) is 2. The van der Waals surface area contributed by atoms with Crippen LogP contribution in [0.2, 0.25) is 0 Å². The monoisotopic (exact) mass is 266 g/mol. The summed E-state index contributed by atoms with van der Waals surface area (Å²) in [6, 6.07) is 11.2. The van der Waals surface area contributed by atoms with Gasteiger partial charge in [0.25, 0.3) is 0 Å². The van der Waals surface area contributed by atoms with Crippen molar-refractivity contribution in [1.29, 1.82) is 0 Å². The molecule has 6 heteroatoms. The third kappa shape index (κ3) is 2.47. The molecule has 0 bridgehead atoms. The number of thiol groups is 1. The Morgan fingerprint density at radius 1 is 1.18 bits per heavy atom. The molecule has 0 amide bonds. The summed E-state index contributed by atoms with van der Waals surface area (Å²) in [6.07, 6.45) is 0. The summed E-state index contributed by atoms with van der Waals surface area (Å²) in [7, 11) is 0.542. The lowest BCUT2D eigenvalue weighted by atomic mass is 10.0. The fourth-order valence-corrected chi connectivity index (χ4v) is 2.41. The molecule has 2 aromatic rings. The normalized spacial score (nSPS) is 10.7. The van der Waals surface area contributed by atoms with Crippen LogP contribution in [0.25, 0.3) is 10.8 Å². The molecule has 0 unspecified atom stereocenters. The lowest BCUT2D eigenvalue weighted by Gasteiger charge is -2.11. The van der Waals surface area contributed by atoms with E-state index in [0.717, 1.165) is 10.8 Å². The van der Waals surface area contributed by atoms with Gasteiger partial charge in [-0.15, -0.1) is 8.86 Å². The summed E-state index contributed by atoms with van der Waals surface area (Å²) in [5, 5.41) is 1.89. The summed E-state index contributed by atoms with van der Waals surface area (Å²) in [5.74, 6) is 0. The molecule has 0 aliphatic rings. The smallest absolute Gasteiger partial charge is 0.222 e. The quantitative estimate of drug-likeness (QED) is 0.580. The summed E-state index contributed by atoms with van der Waals surface area (Å²) in [4.78, 5) is 0. The van der Waals surface area contributed by atoms with Crippen molar-refractivity contribution in [3.05, 3.63) is 42.0 Å². The van der Waals surface area contributed by atoms with Gasteiger partial charge in [-0.1, -0.05) is 30.3 Å². The molecule has 3 N–H and O–H groups in total. The molecular formula is C11H11N2O2PS. The van der Waals surface area contributed by atoms with E-state index in [0.29, 0.717) is 16.7 Å². The summed E-state index contributed by atoms with van der Waals surface area (Å²) in [5.41, 5.74) is 7.26. The zero-order chi connectivity index (χ0) is 12.4. The highest BCUT2D eigenvalue weighted by molar-refractivity contribution is 7.73. The Morgan fingerprint density at radius 2 is 1.88 bits per heavy atom. The first-order valence-corrected chi connectivity index (χ1v) is 6.54. The number of rotatable bonds is 3. The van der Waals surface area contributed by atoms with E-state index in [4.69, 9.17) is 5.73 Å². The minimum absolute atomic E-state index is 0.390. The van der Waals surface area contributed by atoms with Crippen molar-refractivity contribution in [1.82, 2.24) is 0 Å². The molecule has 0 aliphatic carbocycles. The van der Waals surface area contributed by atoms with Crippen LogP contribution in [0.3, 0.4) is 0 Å². The zero-order valence-corrected chi connectivity index (χ0v) is 10.7. The van der Waals surface area contributed by atoms with Gasteiger partial charge in [0.05, 0.1) is 5.69 Å². The minimum atomic E-state index is -2.71. The first-order chi connectivity index (χ1) is 8.09. The van der Waals surface area contributed by atoms with E-state index in [2.05, 4.69) is 13.6 Å². The van der Waals surface area contributed by atoms with E-state index >= 15 is 0 Å². The number of fused-ring (bicyclic) bond motifs is 1. The van der Waals surface area contributed by atoms with Crippen molar-refractivity contribution in [3.63, 3.8) is 0 Å². The predicted molar refractivity (Wildman–Crippen MR) is 74.5 cm³/mol. The van der Waals surface area contributed by atoms with Crippen molar-refractivity contribution in [2.24, 2.45) is 5.73 Å². The van der Waals surface area contributed by atoms with Crippen LogP contribution in [0.1, 0.15) is 5.56 Å². The molecule has 0 atom stereocenters. The predicted octanol–water partition coefficient (Wildman–Crippen LogP) is 1.36. The molecule has 2 rings (SSSR count). The molecule has 2 aromatic carbocycles. The average Bonchev–Trinajstić information content (AvgIpc) is 2.27. The van der Waals surface area contributed by atoms with Crippen molar-refractivity contribution >= 4 is 41.6 Å². The molecule has 0 fully saturated rings. The maximum atomic E-state index is 10.7. The van der Waals surface area contributed by atoms with Crippen molar-refractivity contribution in [2.45, 2.75) is 0 Å². The molecular weight excluding hydrogens is 255 g/mol. The Bertz CT molecular complexity index is 660. The first kappa shape index (κ1) is 12.0. The lowest BCUT2D eigenvalue weighted by Crippen LogP contribution is -2.13. The fourth-order valence-electron chi connectivity index (χ4n) is 1.75. The van der Waals surface area contributed by atoms with Gasteiger partial charge in [0.15, 0.2) is 0 Å². The number of nitrogens with two attached hydrogens (primary N) is 1. The molecule has 17 heavy (non-hydrogen) atoms. The number of benzene rings is 2. The topological polar surface area (TPSA) is 72.2 Å². The van der Waals surface area contributed by atoms with Crippen LogP contribution in [0.4, 0.5) is 5.69 Å². The van der Waals surface area contributed by atoms with Gasteiger partial charge in [-0.2, -0.15) is 0 Å². The molecule has 0 heterocycles. The van der Waals surface area contributed by atoms with Crippen LogP contribution in [-0.4, -0.2) is 13.8 Å². The Labute approximate surface area is 103 Å². The molecule has 0 radical (unpaired) electrons. The largest absolute Gasteiger partial charge is 0.299 e. The van der Waals surface area contributed by atoms with E-state index in [9.17, 15) is 8.42 Å². The number of hydrogen-bond donors (Lipinski definition) is 3. The second-order valence-electron chi connectivity index (χ2n) is 3.49. The second-order valence-corrected chi connectivity index (χ2v) is 4.77. The van der Waals surface area contributed by atoms with Gasteiger partial charge in [0.1, 0.15) is 0 Å². The van der Waals surface area contributed by atoms with E-state index in [1.807, 2.05) is 30.3 Å². The minimum Gasteiger partial charge on any atom is -0.299 e. The Kier molecular flexibility index (Phi) is 3.43. The Hall–Kier alpha value is -1.42. The van der Waals surface area contributed by atoms with E-state index in [1.165, 1.54) is 0 Å². The Balaban J connectivity index is 2.77. The highest BCUT2D eigenvalue weighted by Gasteiger charge is 2.09. The average molecular weight is 266 g/mol. The third-order valence-corrected chi connectivity index (χ3v) is 3.08. The van der Waals surface area contributed by atoms with Gasteiger partial charge in [-0.3, -0.25) is 10.5 Å². The van der Waals surface area contributed by atoms with Crippen LogP contribution in [0.5, 0.6) is 0 Å².